The summed E-state index contributed by atoms with van der Waals surface area (Å²) in [5.74, 6) is 0.200. The van der Waals surface area contributed by atoms with Crippen LogP contribution in [-0.2, 0) is 6.54 Å². The highest BCUT2D eigenvalue weighted by atomic mass is 16.4. The van der Waals surface area contributed by atoms with E-state index < -0.39 is 0 Å². The Morgan fingerprint density at radius 2 is 1.92 bits per heavy atom. The maximum Gasteiger partial charge on any atom is 0.344 e. The summed E-state index contributed by atoms with van der Waals surface area (Å²) in [6.07, 6.45) is 4.72. The minimum atomic E-state index is -0.347. The summed E-state index contributed by atoms with van der Waals surface area (Å²) in [4.78, 5) is 14.8. The van der Waals surface area contributed by atoms with Crippen molar-refractivity contribution in [2.45, 2.75) is 45.2 Å². The first-order valence-corrected chi connectivity index (χ1v) is 9.09. The molecule has 0 aliphatic carbocycles. The quantitative estimate of drug-likeness (QED) is 0.568. The van der Waals surface area contributed by atoms with Crippen molar-refractivity contribution in [1.29, 1.82) is 0 Å². The molecule has 3 aromatic rings. The molecule has 4 heteroatoms. The van der Waals surface area contributed by atoms with Crippen LogP contribution >= 0.6 is 0 Å². The van der Waals surface area contributed by atoms with Crippen molar-refractivity contribution in [3.8, 4) is 5.75 Å². The van der Waals surface area contributed by atoms with Crippen LogP contribution in [0.15, 0.2) is 45.6 Å². The summed E-state index contributed by atoms with van der Waals surface area (Å²) in [5.41, 5.74) is 0.894. The molecule has 1 aromatic heterocycles. The first kappa shape index (κ1) is 16.2. The Kier molecular flexibility index (Phi) is 4.22. The zero-order valence-corrected chi connectivity index (χ0v) is 14.5. The fraction of sp³-hybridized carbons (Fsp3) is 0.381. The molecule has 4 rings (SSSR count). The SMILES string of the molecule is CCC1CCCCN1Cc1c(O)ccc2c1oc(=O)c1ccccc12. The molecular formula is C21H23NO3. The first-order valence-electron chi connectivity index (χ1n) is 9.09. The number of nitrogens with zero attached hydrogens (tertiary/aromatic N) is 1. The van der Waals surface area contributed by atoms with E-state index in [2.05, 4.69) is 11.8 Å². The van der Waals surface area contributed by atoms with Crippen molar-refractivity contribution in [1.82, 2.24) is 4.90 Å². The summed E-state index contributed by atoms with van der Waals surface area (Å²) in [5, 5.41) is 12.8. The monoisotopic (exact) mass is 337 g/mol. The predicted octanol–water partition coefficient (Wildman–Crippen LogP) is 4.42. The molecule has 0 radical (unpaired) electrons. The van der Waals surface area contributed by atoms with Gasteiger partial charge < -0.3 is 9.52 Å². The molecule has 0 amide bonds. The lowest BCUT2D eigenvalue weighted by atomic mass is 9.98. The lowest BCUT2D eigenvalue weighted by Gasteiger charge is -2.35. The maximum atomic E-state index is 12.4. The number of piperidine rings is 1. The number of fused-ring (bicyclic) bond motifs is 3. The Labute approximate surface area is 146 Å². The fourth-order valence-corrected chi connectivity index (χ4v) is 4.08. The van der Waals surface area contributed by atoms with Crippen LogP contribution in [0.3, 0.4) is 0 Å². The number of aromatic hydroxyl groups is 1. The lowest BCUT2D eigenvalue weighted by molar-refractivity contribution is 0.135. The fourth-order valence-electron chi connectivity index (χ4n) is 4.08. The van der Waals surface area contributed by atoms with Crippen LogP contribution < -0.4 is 5.63 Å². The van der Waals surface area contributed by atoms with E-state index in [1.54, 1.807) is 12.1 Å². The summed E-state index contributed by atoms with van der Waals surface area (Å²) in [7, 11) is 0. The molecule has 1 saturated heterocycles. The zero-order valence-electron chi connectivity index (χ0n) is 14.5. The van der Waals surface area contributed by atoms with Gasteiger partial charge in [-0.05, 0) is 49.4 Å². The van der Waals surface area contributed by atoms with E-state index in [0.717, 1.165) is 29.3 Å². The second-order valence-electron chi connectivity index (χ2n) is 6.90. The molecule has 1 aliphatic heterocycles. The van der Waals surface area contributed by atoms with Gasteiger partial charge in [0.1, 0.15) is 11.3 Å². The van der Waals surface area contributed by atoms with E-state index in [9.17, 15) is 9.90 Å². The van der Waals surface area contributed by atoms with Gasteiger partial charge in [-0.2, -0.15) is 0 Å². The predicted molar refractivity (Wildman–Crippen MR) is 100.0 cm³/mol. The summed E-state index contributed by atoms with van der Waals surface area (Å²) in [6.45, 7) is 3.84. The normalized spacial score (nSPS) is 18.8. The summed E-state index contributed by atoms with van der Waals surface area (Å²) in [6, 6.07) is 11.6. The molecule has 0 spiro atoms. The molecule has 2 aromatic carbocycles. The number of phenolic OH excluding ortho intramolecular Hbond substituents is 1. The number of hydrogen-bond donors (Lipinski definition) is 1. The largest absolute Gasteiger partial charge is 0.507 e. The molecule has 1 N–H and O–H groups in total. The van der Waals surface area contributed by atoms with Crippen LogP contribution in [0, 0.1) is 0 Å². The van der Waals surface area contributed by atoms with Gasteiger partial charge in [0.15, 0.2) is 0 Å². The minimum absolute atomic E-state index is 0.200. The average molecular weight is 337 g/mol. The van der Waals surface area contributed by atoms with Crippen LogP contribution in [0.5, 0.6) is 5.75 Å². The van der Waals surface area contributed by atoms with Gasteiger partial charge in [0.2, 0.25) is 0 Å². The second kappa shape index (κ2) is 6.52. The zero-order chi connectivity index (χ0) is 17.4. The van der Waals surface area contributed by atoms with Crippen molar-refractivity contribution in [3.63, 3.8) is 0 Å². The van der Waals surface area contributed by atoms with Crippen molar-refractivity contribution in [2.75, 3.05) is 6.54 Å². The number of phenols is 1. The number of benzene rings is 2. The van der Waals surface area contributed by atoms with Gasteiger partial charge in [-0.15, -0.1) is 0 Å². The van der Waals surface area contributed by atoms with Gasteiger partial charge >= 0.3 is 5.63 Å². The average Bonchev–Trinajstić information content (AvgIpc) is 2.65. The van der Waals surface area contributed by atoms with Gasteiger partial charge in [0, 0.05) is 18.0 Å². The Morgan fingerprint density at radius 3 is 2.72 bits per heavy atom. The Balaban J connectivity index is 1.88. The van der Waals surface area contributed by atoms with Gasteiger partial charge in [0.05, 0.1) is 10.9 Å². The lowest BCUT2D eigenvalue weighted by Crippen LogP contribution is -2.38. The molecule has 1 aliphatic rings. The van der Waals surface area contributed by atoms with Crippen LogP contribution in [-0.4, -0.2) is 22.6 Å². The topological polar surface area (TPSA) is 53.7 Å². The molecule has 0 bridgehead atoms. The smallest absolute Gasteiger partial charge is 0.344 e. The van der Waals surface area contributed by atoms with Crippen molar-refractivity contribution < 1.29 is 9.52 Å². The van der Waals surface area contributed by atoms with Gasteiger partial charge in [-0.3, -0.25) is 4.90 Å². The van der Waals surface area contributed by atoms with Gasteiger partial charge in [-0.25, -0.2) is 4.79 Å². The third-order valence-electron chi connectivity index (χ3n) is 5.45. The van der Waals surface area contributed by atoms with E-state index in [1.807, 2.05) is 24.3 Å². The van der Waals surface area contributed by atoms with Gasteiger partial charge in [-0.1, -0.05) is 31.5 Å². The Bertz CT molecular complexity index is 976. The van der Waals surface area contributed by atoms with E-state index in [0.29, 0.717) is 23.6 Å². The highest BCUT2D eigenvalue weighted by Crippen LogP contribution is 2.33. The van der Waals surface area contributed by atoms with E-state index >= 15 is 0 Å². The highest BCUT2D eigenvalue weighted by Gasteiger charge is 2.24. The number of rotatable bonds is 3. The summed E-state index contributed by atoms with van der Waals surface area (Å²) >= 11 is 0. The molecule has 1 atom stereocenters. The number of likely N-dealkylation sites (tertiary alicyclic amines) is 1. The Morgan fingerprint density at radius 1 is 1.12 bits per heavy atom. The van der Waals surface area contributed by atoms with Crippen LogP contribution in [0.4, 0.5) is 0 Å². The third-order valence-corrected chi connectivity index (χ3v) is 5.45. The van der Waals surface area contributed by atoms with Crippen LogP contribution in [0.2, 0.25) is 0 Å². The van der Waals surface area contributed by atoms with E-state index in [1.165, 1.54) is 19.3 Å². The highest BCUT2D eigenvalue weighted by molar-refractivity contribution is 6.05. The molecule has 2 heterocycles. The van der Waals surface area contributed by atoms with E-state index in [4.69, 9.17) is 4.42 Å². The molecule has 25 heavy (non-hydrogen) atoms. The maximum absolute atomic E-state index is 12.4. The molecule has 0 saturated carbocycles. The molecule has 130 valence electrons. The van der Waals surface area contributed by atoms with E-state index in [-0.39, 0.29) is 11.4 Å². The molecule has 1 fully saturated rings. The summed E-state index contributed by atoms with van der Waals surface area (Å²) < 4.78 is 5.66. The van der Waals surface area contributed by atoms with Crippen LogP contribution in [0.25, 0.3) is 21.7 Å². The molecule has 1 unspecified atom stereocenters. The van der Waals surface area contributed by atoms with Gasteiger partial charge in [0.25, 0.3) is 0 Å². The van der Waals surface area contributed by atoms with Crippen molar-refractivity contribution >= 4 is 21.7 Å². The Hall–Kier alpha value is -2.33. The number of hydrogen-bond acceptors (Lipinski definition) is 4. The van der Waals surface area contributed by atoms with Crippen molar-refractivity contribution in [2.24, 2.45) is 0 Å². The molecular weight excluding hydrogens is 314 g/mol. The third kappa shape index (κ3) is 2.81. The molecule has 4 nitrogen and oxygen atoms in total. The first-order chi connectivity index (χ1) is 12.2. The van der Waals surface area contributed by atoms with Crippen LogP contribution in [0.1, 0.15) is 38.2 Å². The second-order valence-corrected chi connectivity index (χ2v) is 6.90. The van der Waals surface area contributed by atoms with Crippen molar-refractivity contribution in [3.05, 3.63) is 52.4 Å². The minimum Gasteiger partial charge on any atom is -0.507 e. The standard InChI is InChI=1S/C21H23NO3/c1-2-14-7-5-6-12-22(14)13-18-19(23)11-10-16-15-8-3-4-9-17(15)21(24)25-20(16)18/h3-4,8-11,14,23H,2,5-7,12-13H2,1H3.